The molecular formula is C10H8F3NO. The van der Waals surface area contributed by atoms with E-state index < -0.39 is 12.3 Å². The first kappa shape index (κ1) is 10.0. The monoisotopic (exact) mass is 215 g/mol. The normalized spacial score (nSPS) is 14.4. The standard InChI is InChI=1S/C10H8F3NO/c11-10(12,13)9(15)7-2-1-3-8-6(7)4-5-14-8/h1-5,9,14-15H/t9-/m1/s1. The minimum absolute atomic E-state index is 0.124. The van der Waals surface area contributed by atoms with Crippen LogP contribution in [0, 0.1) is 0 Å². The molecule has 1 heterocycles. The van der Waals surface area contributed by atoms with Crippen molar-refractivity contribution in [1.29, 1.82) is 0 Å². The van der Waals surface area contributed by atoms with Crippen LogP contribution in [0.5, 0.6) is 0 Å². The highest BCUT2D eigenvalue weighted by molar-refractivity contribution is 5.83. The largest absolute Gasteiger partial charge is 0.418 e. The SMILES string of the molecule is O[C@H](c1cccc2[nH]ccc12)C(F)(F)F. The minimum atomic E-state index is -4.63. The molecule has 1 aromatic carbocycles. The summed E-state index contributed by atoms with van der Waals surface area (Å²) in [6, 6.07) is 5.92. The van der Waals surface area contributed by atoms with E-state index >= 15 is 0 Å². The third-order valence-corrected chi connectivity index (χ3v) is 2.23. The molecule has 0 saturated heterocycles. The van der Waals surface area contributed by atoms with Crippen LogP contribution in [0.3, 0.4) is 0 Å². The van der Waals surface area contributed by atoms with Gasteiger partial charge in [-0.05, 0) is 17.7 Å². The summed E-state index contributed by atoms with van der Waals surface area (Å²) >= 11 is 0. The number of fused-ring (bicyclic) bond motifs is 1. The summed E-state index contributed by atoms with van der Waals surface area (Å²) in [6.45, 7) is 0. The number of aliphatic hydroxyl groups excluding tert-OH is 1. The van der Waals surface area contributed by atoms with Crippen LogP contribution >= 0.6 is 0 Å². The van der Waals surface area contributed by atoms with Crippen LogP contribution in [0.4, 0.5) is 13.2 Å². The highest BCUT2D eigenvalue weighted by atomic mass is 19.4. The van der Waals surface area contributed by atoms with E-state index in [1.165, 1.54) is 24.4 Å². The lowest BCUT2D eigenvalue weighted by molar-refractivity contribution is -0.206. The smallest absolute Gasteiger partial charge is 0.379 e. The van der Waals surface area contributed by atoms with Crippen LogP contribution in [0.25, 0.3) is 10.9 Å². The molecule has 2 N–H and O–H groups in total. The summed E-state index contributed by atoms with van der Waals surface area (Å²) in [5.74, 6) is 0. The Morgan fingerprint density at radius 3 is 2.60 bits per heavy atom. The molecule has 0 saturated carbocycles. The predicted octanol–water partition coefficient (Wildman–Crippen LogP) is 2.76. The fourth-order valence-electron chi connectivity index (χ4n) is 1.52. The van der Waals surface area contributed by atoms with Crippen molar-refractivity contribution in [2.45, 2.75) is 12.3 Å². The van der Waals surface area contributed by atoms with E-state index in [2.05, 4.69) is 4.98 Å². The zero-order valence-corrected chi connectivity index (χ0v) is 7.55. The fourth-order valence-corrected chi connectivity index (χ4v) is 1.52. The molecule has 0 spiro atoms. The molecule has 5 heteroatoms. The van der Waals surface area contributed by atoms with Crippen LogP contribution in [0.15, 0.2) is 30.5 Å². The topological polar surface area (TPSA) is 36.0 Å². The van der Waals surface area contributed by atoms with Crippen LogP contribution in [0.1, 0.15) is 11.7 Å². The minimum Gasteiger partial charge on any atom is -0.379 e. The molecule has 1 aromatic heterocycles. The van der Waals surface area contributed by atoms with Gasteiger partial charge in [-0.25, -0.2) is 0 Å². The van der Waals surface area contributed by atoms with Crippen molar-refractivity contribution < 1.29 is 18.3 Å². The molecule has 0 unspecified atom stereocenters. The van der Waals surface area contributed by atoms with Crippen molar-refractivity contribution in [3.8, 4) is 0 Å². The van der Waals surface area contributed by atoms with E-state index in [0.717, 1.165) is 0 Å². The third-order valence-electron chi connectivity index (χ3n) is 2.23. The van der Waals surface area contributed by atoms with E-state index in [1.807, 2.05) is 0 Å². The molecule has 0 aliphatic carbocycles. The van der Waals surface area contributed by atoms with Crippen molar-refractivity contribution in [3.63, 3.8) is 0 Å². The van der Waals surface area contributed by atoms with Gasteiger partial charge in [-0.3, -0.25) is 0 Å². The molecule has 0 radical (unpaired) electrons. The van der Waals surface area contributed by atoms with E-state index in [-0.39, 0.29) is 5.56 Å². The molecule has 1 atom stereocenters. The number of aliphatic hydroxyl groups is 1. The van der Waals surface area contributed by atoms with Crippen molar-refractivity contribution in [1.82, 2.24) is 4.98 Å². The molecule has 80 valence electrons. The summed E-state index contributed by atoms with van der Waals surface area (Å²) in [4.78, 5) is 2.79. The van der Waals surface area contributed by atoms with Gasteiger partial charge >= 0.3 is 6.18 Å². The second-order valence-corrected chi connectivity index (χ2v) is 3.23. The highest BCUT2D eigenvalue weighted by Crippen LogP contribution is 2.35. The molecule has 15 heavy (non-hydrogen) atoms. The molecule has 0 fully saturated rings. The van der Waals surface area contributed by atoms with Gasteiger partial charge in [0.15, 0.2) is 6.10 Å². The first-order chi connectivity index (χ1) is 7.00. The van der Waals surface area contributed by atoms with Crippen LogP contribution in [-0.4, -0.2) is 16.3 Å². The number of aromatic amines is 1. The van der Waals surface area contributed by atoms with Gasteiger partial charge in [0.25, 0.3) is 0 Å². The summed E-state index contributed by atoms with van der Waals surface area (Å²) in [6.07, 6.45) is -5.53. The number of hydrogen-bond donors (Lipinski definition) is 2. The predicted molar refractivity (Wildman–Crippen MR) is 49.3 cm³/mol. The number of alkyl halides is 3. The number of nitrogens with one attached hydrogen (secondary N) is 1. The van der Waals surface area contributed by atoms with E-state index in [4.69, 9.17) is 5.11 Å². The Morgan fingerprint density at radius 2 is 1.93 bits per heavy atom. The maximum absolute atomic E-state index is 12.3. The number of H-pyrrole nitrogens is 1. The maximum atomic E-state index is 12.3. The van der Waals surface area contributed by atoms with Crippen LogP contribution < -0.4 is 0 Å². The average Bonchev–Trinajstić information content (AvgIpc) is 2.62. The number of benzene rings is 1. The molecule has 0 amide bonds. The van der Waals surface area contributed by atoms with Gasteiger partial charge in [-0.15, -0.1) is 0 Å². The summed E-state index contributed by atoms with van der Waals surface area (Å²) in [5, 5.41) is 9.53. The van der Waals surface area contributed by atoms with Crippen molar-refractivity contribution in [2.24, 2.45) is 0 Å². The molecular weight excluding hydrogens is 207 g/mol. The van der Waals surface area contributed by atoms with Crippen molar-refractivity contribution in [3.05, 3.63) is 36.0 Å². The Labute approximate surface area is 83.3 Å². The Hall–Kier alpha value is -1.49. The van der Waals surface area contributed by atoms with E-state index in [9.17, 15) is 13.2 Å². The second kappa shape index (κ2) is 3.27. The molecule has 2 rings (SSSR count). The maximum Gasteiger partial charge on any atom is 0.418 e. The first-order valence-corrected chi connectivity index (χ1v) is 4.31. The summed E-state index contributed by atoms with van der Waals surface area (Å²) < 4.78 is 36.9. The average molecular weight is 215 g/mol. The van der Waals surface area contributed by atoms with Gasteiger partial charge in [0.05, 0.1) is 0 Å². The second-order valence-electron chi connectivity index (χ2n) is 3.23. The van der Waals surface area contributed by atoms with Gasteiger partial charge in [0, 0.05) is 17.1 Å². The van der Waals surface area contributed by atoms with Crippen molar-refractivity contribution in [2.75, 3.05) is 0 Å². The first-order valence-electron chi connectivity index (χ1n) is 4.31. The van der Waals surface area contributed by atoms with Gasteiger partial charge in [0.2, 0.25) is 0 Å². The number of hydrogen-bond acceptors (Lipinski definition) is 1. The zero-order chi connectivity index (χ0) is 11.1. The Kier molecular flexibility index (Phi) is 2.19. The number of rotatable bonds is 1. The fraction of sp³-hybridized carbons (Fsp3) is 0.200. The van der Waals surface area contributed by atoms with Gasteiger partial charge in [-0.1, -0.05) is 12.1 Å². The van der Waals surface area contributed by atoms with Crippen LogP contribution in [-0.2, 0) is 0 Å². The lowest BCUT2D eigenvalue weighted by atomic mass is 10.0. The molecule has 0 aliphatic heterocycles. The van der Waals surface area contributed by atoms with E-state index in [1.54, 1.807) is 6.07 Å². The zero-order valence-electron chi connectivity index (χ0n) is 7.55. The third kappa shape index (κ3) is 1.70. The Bertz CT molecular complexity index is 475. The number of halogens is 3. The van der Waals surface area contributed by atoms with Crippen molar-refractivity contribution >= 4 is 10.9 Å². The quantitative estimate of drug-likeness (QED) is 0.753. The van der Waals surface area contributed by atoms with Crippen LogP contribution in [0.2, 0.25) is 0 Å². The molecule has 0 bridgehead atoms. The molecule has 2 aromatic rings. The summed E-state index contributed by atoms with van der Waals surface area (Å²) in [7, 11) is 0. The van der Waals surface area contributed by atoms with Gasteiger partial charge in [0.1, 0.15) is 0 Å². The van der Waals surface area contributed by atoms with Gasteiger partial charge in [-0.2, -0.15) is 13.2 Å². The molecule has 0 aliphatic rings. The lowest BCUT2D eigenvalue weighted by Crippen LogP contribution is -2.20. The lowest BCUT2D eigenvalue weighted by Gasteiger charge is -2.15. The molecule has 2 nitrogen and oxygen atoms in total. The van der Waals surface area contributed by atoms with E-state index in [0.29, 0.717) is 10.9 Å². The Morgan fingerprint density at radius 1 is 1.20 bits per heavy atom. The van der Waals surface area contributed by atoms with Gasteiger partial charge < -0.3 is 10.1 Å². The number of aromatic nitrogens is 1. The summed E-state index contributed by atoms with van der Waals surface area (Å²) in [5.41, 5.74) is 0.456. The Balaban J connectivity index is 2.56. The highest BCUT2D eigenvalue weighted by Gasteiger charge is 2.40.